The van der Waals surface area contributed by atoms with Gasteiger partial charge in [-0.1, -0.05) is 18.2 Å². The number of benzene rings is 2. The molecule has 0 aliphatic heterocycles. The number of carbonyl (C=O) groups is 1. The van der Waals surface area contributed by atoms with Crippen LogP contribution in [-0.4, -0.2) is 32.2 Å². The summed E-state index contributed by atoms with van der Waals surface area (Å²) < 4.78 is 13.4. The number of ether oxygens (including phenoxy) is 2. The molecule has 0 saturated carbocycles. The number of aromatic nitrogens is 4. The van der Waals surface area contributed by atoms with E-state index < -0.39 is 5.69 Å². The second-order valence-corrected chi connectivity index (χ2v) is 7.42. The van der Waals surface area contributed by atoms with Crippen LogP contribution in [0.15, 0.2) is 59.7 Å². The van der Waals surface area contributed by atoms with E-state index in [2.05, 4.69) is 15.4 Å². The van der Waals surface area contributed by atoms with Gasteiger partial charge < -0.3 is 14.8 Å². The molecule has 0 bridgehead atoms. The Kier molecular flexibility index (Phi) is 5.89. The van der Waals surface area contributed by atoms with Gasteiger partial charge in [0.1, 0.15) is 18.0 Å². The van der Waals surface area contributed by atoms with Crippen molar-refractivity contribution in [3.8, 4) is 17.4 Å². The Labute approximate surface area is 184 Å². The number of hydrogen-bond donors (Lipinski definition) is 1. The second-order valence-electron chi connectivity index (χ2n) is 7.42. The minimum absolute atomic E-state index is 0.187. The van der Waals surface area contributed by atoms with Crippen molar-refractivity contribution in [3.63, 3.8) is 0 Å². The van der Waals surface area contributed by atoms with Gasteiger partial charge in [0.2, 0.25) is 11.6 Å². The molecule has 9 heteroatoms. The van der Waals surface area contributed by atoms with Gasteiger partial charge in [-0.3, -0.25) is 4.79 Å². The Morgan fingerprint density at radius 2 is 1.78 bits per heavy atom. The molecule has 164 valence electrons. The highest BCUT2D eigenvalue weighted by atomic mass is 16.5. The minimum Gasteiger partial charge on any atom is -0.497 e. The van der Waals surface area contributed by atoms with Crippen LogP contribution in [0.4, 0.5) is 0 Å². The summed E-state index contributed by atoms with van der Waals surface area (Å²) in [7, 11) is 1.59. The van der Waals surface area contributed by atoms with Crippen LogP contribution < -0.4 is 20.5 Å². The van der Waals surface area contributed by atoms with E-state index in [1.54, 1.807) is 7.11 Å². The van der Waals surface area contributed by atoms with Gasteiger partial charge in [-0.2, -0.15) is 0 Å². The molecule has 0 radical (unpaired) electrons. The normalized spacial score (nSPS) is 10.8. The van der Waals surface area contributed by atoms with Crippen LogP contribution in [0.25, 0.3) is 5.65 Å². The Bertz CT molecular complexity index is 1300. The molecule has 2 aromatic heterocycles. The SMILES string of the molecule is COc1ccc(CNC(=O)Cn2nc3c(Oc4cc(C)cc(C)c4)nccn3c2=O)cc1. The first kappa shape index (κ1) is 21.1. The van der Waals surface area contributed by atoms with Crippen LogP contribution in [0.5, 0.6) is 17.4 Å². The Morgan fingerprint density at radius 1 is 1.06 bits per heavy atom. The summed E-state index contributed by atoms with van der Waals surface area (Å²) in [5, 5.41) is 7.06. The summed E-state index contributed by atoms with van der Waals surface area (Å²) in [6.45, 7) is 4.04. The van der Waals surface area contributed by atoms with Gasteiger partial charge in [0, 0.05) is 18.9 Å². The number of carbonyl (C=O) groups excluding carboxylic acids is 1. The number of nitrogens with zero attached hydrogens (tertiary/aromatic N) is 4. The zero-order valence-corrected chi connectivity index (χ0v) is 18.0. The smallest absolute Gasteiger partial charge is 0.351 e. The monoisotopic (exact) mass is 433 g/mol. The molecule has 1 N–H and O–H groups in total. The van der Waals surface area contributed by atoms with Crippen LogP contribution in [0.3, 0.4) is 0 Å². The van der Waals surface area contributed by atoms with Crippen molar-refractivity contribution in [1.29, 1.82) is 0 Å². The summed E-state index contributed by atoms with van der Waals surface area (Å²) in [6.07, 6.45) is 2.95. The maximum Gasteiger partial charge on any atom is 0.351 e. The van der Waals surface area contributed by atoms with Crippen molar-refractivity contribution in [2.24, 2.45) is 0 Å². The first-order valence-corrected chi connectivity index (χ1v) is 10.0. The summed E-state index contributed by atoms with van der Waals surface area (Å²) in [6, 6.07) is 13.1. The highest BCUT2D eigenvalue weighted by Gasteiger charge is 2.16. The van der Waals surface area contributed by atoms with Crippen LogP contribution in [0.2, 0.25) is 0 Å². The first-order valence-electron chi connectivity index (χ1n) is 10.0. The lowest BCUT2D eigenvalue weighted by Gasteiger charge is -2.07. The zero-order chi connectivity index (χ0) is 22.7. The molecule has 1 amide bonds. The van der Waals surface area contributed by atoms with Crippen molar-refractivity contribution in [2.75, 3.05) is 7.11 Å². The van der Waals surface area contributed by atoms with Crippen molar-refractivity contribution in [1.82, 2.24) is 24.5 Å². The third kappa shape index (κ3) is 4.61. The van der Waals surface area contributed by atoms with Gasteiger partial charge in [0.15, 0.2) is 0 Å². The first-order chi connectivity index (χ1) is 15.4. The summed E-state index contributed by atoms with van der Waals surface area (Å²) in [5.74, 6) is 1.19. The molecule has 0 aliphatic carbocycles. The molecular formula is C23H23N5O4. The fourth-order valence-corrected chi connectivity index (χ4v) is 3.34. The maximum absolute atomic E-state index is 12.7. The van der Waals surface area contributed by atoms with Crippen LogP contribution >= 0.6 is 0 Å². The number of nitrogens with one attached hydrogen (secondary N) is 1. The molecule has 32 heavy (non-hydrogen) atoms. The van der Waals surface area contributed by atoms with Gasteiger partial charge in [-0.15, -0.1) is 5.10 Å². The largest absolute Gasteiger partial charge is 0.497 e. The molecule has 0 aliphatic rings. The lowest BCUT2D eigenvalue weighted by Crippen LogP contribution is -2.32. The van der Waals surface area contributed by atoms with E-state index in [0.29, 0.717) is 12.3 Å². The molecule has 0 spiro atoms. The Balaban J connectivity index is 1.50. The fourth-order valence-electron chi connectivity index (χ4n) is 3.34. The summed E-state index contributed by atoms with van der Waals surface area (Å²) in [4.78, 5) is 29.3. The molecule has 0 unspecified atom stereocenters. The summed E-state index contributed by atoms with van der Waals surface area (Å²) in [5.41, 5.74) is 2.79. The quantitative estimate of drug-likeness (QED) is 0.481. The molecule has 9 nitrogen and oxygen atoms in total. The highest BCUT2D eigenvalue weighted by Crippen LogP contribution is 2.24. The maximum atomic E-state index is 12.7. The molecule has 0 atom stereocenters. The summed E-state index contributed by atoms with van der Waals surface area (Å²) >= 11 is 0. The van der Waals surface area contributed by atoms with E-state index in [9.17, 15) is 9.59 Å². The standard InChI is InChI=1S/C23H23N5O4/c1-15-10-16(2)12-19(11-15)32-22-21-26-28(23(30)27(21)9-8-24-22)14-20(29)25-13-17-4-6-18(31-3)7-5-17/h4-12H,13-14H2,1-3H3,(H,25,29). The predicted octanol–water partition coefficient (Wildman–Crippen LogP) is 2.63. The van der Waals surface area contributed by atoms with Crippen LogP contribution in [0.1, 0.15) is 16.7 Å². The molecule has 4 aromatic rings. The average Bonchev–Trinajstić information content (AvgIpc) is 3.08. The Hall–Kier alpha value is -4.14. The van der Waals surface area contributed by atoms with E-state index in [1.165, 1.54) is 16.8 Å². The number of hydrogen-bond acceptors (Lipinski definition) is 6. The van der Waals surface area contributed by atoms with E-state index >= 15 is 0 Å². The van der Waals surface area contributed by atoms with Crippen molar-refractivity contribution >= 4 is 11.6 Å². The van der Waals surface area contributed by atoms with Gasteiger partial charge in [-0.25, -0.2) is 18.9 Å². The van der Waals surface area contributed by atoms with Gasteiger partial charge in [-0.05, 0) is 54.8 Å². The molecule has 4 rings (SSSR count). The fraction of sp³-hybridized carbons (Fsp3) is 0.217. The van der Waals surface area contributed by atoms with E-state index in [4.69, 9.17) is 9.47 Å². The molecule has 0 fully saturated rings. The molecular weight excluding hydrogens is 410 g/mol. The number of aryl methyl sites for hydroxylation is 2. The van der Waals surface area contributed by atoms with Gasteiger partial charge in [0.05, 0.1) is 7.11 Å². The van der Waals surface area contributed by atoms with Crippen molar-refractivity contribution in [2.45, 2.75) is 26.9 Å². The third-order valence-corrected chi connectivity index (χ3v) is 4.82. The topological polar surface area (TPSA) is 99.8 Å². The highest BCUT2D eigenvalue weighted by molar-refractivity contribution is 5.75. The molecule has 2 aromatic carbocycles. The van der Waals surface area contributed by atoms with Crippen molar-refractivity contribution in [3.05, 3.63) is 82.0 Å². The van der Waals surface area contributed by atoms with Crippen LogP contribution in [0, 0.1) is 13.8 Å². The third-order valence-electron chi connectivity index (χ3n) is 4.82. The predicted molar refractivity (Wildman–Crippen MR) is 118 cm³/mol. The zero-order valence-electron chi connectivity index (χ0n) is 18.0. The average molecular weight is 433 g/mol. The Morgan fingerprint density at radius 3 is 2.47 bits per heavy atom. The molecule has 2 heterocycles. The van der Waals surface area contributed by atoms with E-state index in [-0.39, 0.29) is 24.0 Å². The van der Waals surface area contributed by atoms with E-state index in [0.717, 1.165) is 27.1 Å². The van der Waals surface area contributed by atoms with Gasteiger partial charge >= 0.3 is 5.69 Å². The van der Waals surface area contributed by atoms with Crippen molar-refractivity contribution < 1.29 is 14.3 Å². The van der Waals surface area contributed by atoms with E-state index in [1.807, 2.05) is 56.3 Å². The lowest BCUT2D eigenvalue weighted by molar-refractivity contribution is -0.122. The number of methoxy groups -OCH3 is 1. The minimum atomic E-state index is -0.452. The number of amides is 1. The lowest BCUT2D eigenvalue weighted by atomic mass is 10.1. The number of fused-ring (bicyclic) bond motifs is 1. The van der Waals surface area contributed by atoms with Crippen LogP contribution in [-0.2, 0) is 17.9 Å². The second kappa shape index (κ2) is 8.93. The number of rotatable bonds is 7. The van der Waals surface area contributed by atoms with Gasteiger partial charge in [0.25, 0.3) is 5.88 Å². The molecule has 0 saturated heterocycles.